The van der Waals surface area contributed by atoms with Crippen molar-refractivity contribution in [2.75, 3.05) is 20.1 Å². The van der Waals surface area contributed by atoms with Crippen molar-refractivity contribution >= 4 is 11.0 Å². The van der Waals surface area contributed by atoms with E-state index in [1.54, 1.807) is 6.07 Å². The van der Waals surface area contributed by atoms with E-state index in [-0.39, 0.29) is 11.5 Å². The van der Waals surface area contributed by atoms with E-state index in [9.17, 15) is 4.79 Å². The van der Waals surface area contributed by atoms with Gasteiger partial charge in [0.05, 0.1) is 5.39 Å². The van der Waals surface area contributed by atoms with Gasteiger partial charge in [-0.2, -0.15) is 0 Å². The fraction of sp³-hybridized carbons (Fsp3) is 0.591. The molecule has 0 bridgehead atoms. The second-order valence-electron chi connectivity index (χ2n) is 8.19. The van der Waals surface area contributed by atoms with Crippen molar-refractivity contribution in [1.29, 1.82) is 0 Å². The van der Waals surface area contributed by atoms with Crippen LogP contribution in [0.15, 0.2) is 33.5 Å². The topological polar surface area (TPSA) is 42.7 Å². The highest BCUT2D eigenvalue weighted by Gasteiger charge is 2.24. The second kappa shape index (κ2) is 7.43. The van der Waals surface area contributed by atoms with Crippen molar-refractivity contribution in [3.8, 4) is 5.75 Å². The molecule has 2 fully saturated rings. The Morgan fingerprint density at radius 2 is 1.92 bits per heavy atom. The summed E-state index contributed by atoms with van der Waals surface area (Å²) >= 11 is 0. The lowest BCUT2D eigenvalue weighted by Gasteiger charge is -2.24. The van der Waals surface area contributed by atoms with Gasteiger partial charge in [-0.3, -0.25) is 4.79 Å². The smallest absolute Gasteiger partial charge is 0.192 e. The van der Waals surface area contributed by atoms with Gasteiger partial charge in [-0.05, 0) is 51.4 Å². The minimum Gasteiger partial charge on any atom is -0.490 e. The molecule has 2 aliphatic rings. The van der Waals surface area contributed by atoms with Crippen molar-refractivity contribution in [3.05, 3.63) is 40.2 Å². The average Bonchev–Trinajstić information content (AvgIpc) is 3.10. The van der Waals surface area contributed by atoms with E-state index in [2.05, 4.69) is 18.9 Å². The average molecular weight is 355 g/mol. The van der Waals surface area contributed by atoms with Gasteiger partial charge in [0.15, 0.2) is 5.43 Å². The number of ether oxygens (including phenoxy) is 1. The summed E-state index contributed by atoms with van der Waals surface area (Å²) in [5, 5.41) is 0.646. The number of benzene rings is 1. The largest absolute Gasteiger partial charge is 0.490 e. The number of nitrogens with zero attached hydrogens (tertiary/aromatic N) is 1. The fourth-order valence-electron chi connectivity index (χ4n) is 4.54. The second-order valence-corrected chi connectivity index (χ2v) is 8.19. The van der Waals surface area contributed by atoms with E-state index < -0.39 is 0 Å². The summed E-state index contributed by atoms with van der Waals surface area (Å²) in [6.07, 6.45) is 7.13. The molecule has 0 amide bonds. The van der Waals surface area contributed by atoms with Crippen LogP contribution in [0.25, 0.3) is 11.0 Å². The third-order valence-corrected chi connectivity index (χ3v) is 6.03. The molecule has 1 aliphatic carbocycles. The van der Waals surface area contributed by atoms with Crippen LogP contribution in [-0.2, 0) is 0 Å². The zero-order valence-electron chi connectivity index (χ0n) is 15.9. The zero-order chi connectivity index (χ0) is 18.1. The predicted molar refractivity (Wildman–Crippen MR) is 104 cm³/mol. The van der Waals surface area contributed by atoms with Crippen LogP contribution < -0.4 is 10.2 Å². The van der Waals surface area contributed by atoms with Crippen molar-refractivity contribution in [2.45, 2.75) is 57.5 Å². The molecule has 1 aromatic carbocycles. The summed E-state index contributed by atoms with van der Waals surface area (Å²) in [7, 11) is 2.17. The number of hydrogen-bond donors (Lipinski definition) is 0. The van der Waals surface area contributed by atoms with Gasteiger partial charge < -0.3 is 14.1 Å². The zero-order valence-corrected chi connectivity index (χ0v) is 15.9. The quantitative estimate of drug-likeness (QED) is 0.809. The van der Waals surface area contributed by atoms with E-state index >= 15 is 0 Å². The number of rotatable bonds is 3. The molecular formula is C22H29NO3. The Bertz CT molecular complexity index is 822. The van der Waals surface area contributed by atoms with Crippen LogP contribution in [0.4, 0.5) is 0 Å². The lowest BCUT2D eigenvalue weighted by atomic mass is 10.0. The summed E-state index contributed by atoms with van der Waals surface area (Å²) in [6, 6.07) is 7.37. The van der Waals surface area contributed by atoms with Crippen molar-refractivity contribution in [2.24, 2.45) is 5.92 Å². The first-order chi connectivity index (χ1) is 12.6. The molecule has 1 aromatic heterocycles. The Hall–Kier alpha value is -1.81. The van der Waals surface area contributed by atoms with Crippen molar-refractivity contribution < 1.29 is 9.15 Å². The van der Waals surface area contributed by atoms with Gasteiger partial charge in [0, 0.05) is 30.5 Å². The maximum Gasteiger partial charge on any atom is 0.192 e. The molecule has 26 heavy (non-hydrogen) atoms. The molecule has 2 unspecified atom stereocenters. The summed E-state index contributed by atoms with van der Waals surface area (Å²) < 4.78 is 12.5. The molecule has 4 nitrogen and oxygen atoms in total. The summed E-state index contributed by atoms with van der Waals surface area (Å²) in [6.45, 7) is 4.44. The van der Waals surface area contributed by atoms with Crippen LogP contribution in [0.2, 0.25) is 0 Å². The molecule has 4 heteroatoms. The lowest BCUT2D eigenvalue weighted by Crippen LogP contribution is -2.30. The summed E-state index contributed by atoms with van der Waals surface area (Å²) in [5.74, 6) is 2.54. The van der Waals surface area contributed by atoms with Gasteiger partial charge in [0.1, 0.15) is 23.2 Å². The van der Waals surface area contributed by atoms with Gasteiger partial charge in [0.25, 0.3) is 0 Å². The highest BCUT2D eigenvalue weighted by molar-refractivity contribution is 5.78. The van der Waals surface area contributed by atoms with Crippen LogP contribution in [0.1, 0.15) is 57.1 Å². The Balaban J connectivity index is 1.60. The minimum atomic E-state index is 0.0594. The van der Waals surface area contributed by atoms with Crippen LogP contribution >= 0.6 is 0 Å². The fourth-order valence-corrected chi connectivity index (χ4v) is 4.54. The minimum absolute atomic E-state index is 0.0594. The highest BCUT2D eigenvalue weighted by Crippen LogP contribution is 2.35. The Morgan fingerprint density at radius 1 is 1.12 bits per heavy atom. The molecule has 0 radical (unpaired) electrons. The molecule has 2 aromatic rings. The molecule has 1 saturated heterocycles. The molecule has 0 N–H and O–H groups in total. The monoisotopic (exact) mass is 355 g/mol. The van der Waals surface area contributed by atoms with E-state index in [4.69, 9.17) is 9.15 Å². The third kappa shape index (κ3) is 3.66. The van der Waals surface area contributed by atoms with Crippen molar-refractivity contribution in [1.82, 2.24) is 4.90 Å². The molecule has 0 spiro atoms. The normalized spacial score (nSPS) is 25.5. The molecular weight excluding hydrogens is 326 g/mol. The van der Waals surface area contributed by atoms with Gasteiger partial charge in [-0.15, -0.1) is 0 Å². The highest BCUT2D eigenvalue weighted by atomic mass is 16.5. The molecule has 2 heterocycles. The molecule has 1 aliphatic heterocycles. The van der Waals surface area contributed by atoms with Gasteiger partial charge in [-0.25, -0.2) is 0 Å². The Kier molecular flexibility index (Phi) is 5.03. The van der Waals surface area contributed by atoms with E-state index in [0.717, 1.165) is 50.3 Å². The maximum absolute atomic E-state index is 12.5. The number of hydrogen-bond acceptors (Lipinski definition) is 4. The van der Waals surface area contributed by atoms with E-state index in [1.165, 1.54) is 12.8 Å². The van der Waals surface area contributed by atoms with Crippen LogP contribution in [0, 0.1) is 5.92 Å². The predicted octanol–water partition coefficient (Wildman–Crippen LogP) is 4.56. The van der Waals surface area contributed by atoms with Crippen LogP contribution in [0.3, 0.4) is 0 Å². The Labute approximate surface area is 155 Å². The number of likely N-dealkylation sites (tertiary alicyclic amines) is 1. The van der Waals surface area contributed by atoms with Crippen LogP contribution in [0.5, 0.6) is 5.75 Å². The maximum atomic E-state index is 12.5. The van der Waals surface area contributed by atoms with E-state index in [0.29, 0.717) is 22.8 Å². The van der Waals surface area contributed by atoms with Gasteiger partial charge >= 0.3 is 0 Å². The van der Waals surface area contributed by atoms with E-state index in [1.807, 2.05) is 18.2 Å². The lowest BCUT2D eigenvalue weighted by molar-refractivity contribution is 0.131. The SMILES string of the molecule is CC1CN(C)CCCC1Oc1ccc2c(=O)cc(C3CCCC3)oc2c1. The van der Waals surface area contributed by atoms with Crippen LogP contribution in [-0.4, -0.2) is 31.1 Å². The molecule has 1 saturated carbocycles. The first kappa shape index (κ1) is 17.6. The first-order valence-corrected chi connectivity index (χ1v) is 10.0. The summed E-state index contributed by atoms with van der Waals surface area (Å²) in [4.78, 5) is 14.9. The van der Waals surface area contributed by atoms with Gasteiger partial charge in [0.2, 0.25) is 0 Å². The molecule has 140 valence electrons. The molecule has 2 atom stereocenters. The first-order valence-electron chi connectivity index (χ1n) is 10.0. The standard InChI is InChI=1S/C22H29NO3/c1-15-14-23(2)11-5-8-20(15)25-17-9-10-18-19(24)13-21(26-22(18)12-17)16-6-3-4-7-16/h9-10,12-13,15-16,20H,3-8,11,14H2,1-2H3. The Morgan fingerprint density at radius 3 is 2.73 bits per heavy atom. The van der Waals surface area contributed by atoms with Crippen molar-refractivity contribution in [3.63, 3.8) is 0 Å². The number of fused-ring (bicyclic) bond motifs is 1. The summed E-state index contributed by atoms with van der Waals surface area (Å²) in [5.41, 5.74) is 0.722. The van der Waals surface area contributed by atoms with Gasteiger partial charge in [-0.1, -0.05) is 19.8 Å². The third-order valence-electron chi connectivity index (χ3n) is 6.03. The molecule has 4 rings (SSSR count).